The van der Waals surface area contributed by atoms with Crippen LogP contribution in [0.15, 0.2) is 41.3 Å². The highest BCUT2D eigenvalue weighted by Gasteiger charge is 2.63. The van der Waals surface area contributed by atoms with E-state index >= 15 is 0 Å². The highest BCUT2D eigenvalue weighted by atomic mass is 32.2. The van der Waals surface area contributed by atoms with Gasteiger partial charge in [0.1, 0.15) is 0 Å². The predicted octanol–water partition coefficient (Wildman–Crippen LogP) is 6.09. The third-order valence-corrected chi connectivity index (χ3v) is 7.15. The largest absolute Gasteiger partial charge is 0.395 e. The van der Waals surface area contributed by atoms with Crippen molar-refractivity contribution in [3.8, 4) is 0 Å². The van der Waals surface area contributed by atoms with Crippen molar-refractivity contribution in [2.24, 2.45) is 5.41 Å². The third kappa shape index (κ3) is 4.17. The smallest absolute Gasteiger partial charge is 0.366 e. The summed E-state index contributed by atoms with van der Waals surface area (Å²) in [4.78, 5) is 16.0. The Morgan fingerprint density at radius 3 is 2.47 bits per heavy atom. The number of carbonyl (C=O) groups excluding carboxylic acids is 1. The van der Waals surface area contributed by atoms with Crippen LogP contribution < -0.4 is 10.2 Å². The van der Waals surface area contributed by atoms with Gasteiger partial charge in [-0.1, -0.05) is 18.2 Å². The highest BCUT2D eigenvalue weighted by Crippen LogP contribution is 2.60. The lowest BCUT2D eigenvalue weighted by atomic mass is 10.0. The zero-order valence-electron chi connectivity index (χ0n) is 17.1. The monoisotopic (exact) mass is 434 g/mol. The first-order valence-corrected chi connectivity index (χ1v) is 11.1. The molecule has 7 heteroatoms. The quantitative estimate of drug-likeness (QED) is 0.632. The summed E-state index contributed by atoms with van der Waals surface area (Å²) >= 11 is 1.85. The minimum absolute atomic E-state index is 0.0370. The second-order valence-electron chi connectivity index (χ2n) is 8.34. The molecule has 1 N–H and O–H groups in total. The number of amides is 1. The highest BCUT2D eigenvalue weighted by molar-refractivity contribution is 7.99. The van der Waals surface area contributed by atoms with Crippen molar-refractivity contribution in [2.45, 2.75) is 50.7 Å². The van der Waals surface area contributed by atoms with Gasteiger partial charge in [-0.05, 0) is 61.6 Å². The van der Waals surface area contributed by atoms with Crippen molar-refractivity contribution in [1.82, 2.24) is 0 Å². The Balaban J connectivity index is 1.51. The fourth-order valence-corrected chi connectivity index (χ4v) is 5.09. The predicted molar refractivity (Wildman–Crippen MR) is 115 cm³/mol. The number of nitrogens with one attached hydrogen (secondary N) is 1. The van der Waals surface area contributed by atoms with Crippen LogP contribution in [-0.4, -0.2) is 24.4 Å². The summed E-state index contributed by atoms with van der Waals surface area (Å²) < 4.78 is 39.5. The molecule has 0 saturated heterocycles. The zero-order valence-corrected chi connectivity index (χ0v) is 17.9. The third-order valence-electron chi connectivity index (χ3n) is 6.05. The number of benzene rings is 2. The summed E-state index contributed by atoms with van der Waals surface area (Å²) in [7, 11) is 0. The van der Waals surface area contributed by atoms with Gasteiger partial charge >= 0.3 is 6.18 Å². The number of aryl methyl sites for hydroxylation is 2. The number of halogens is 3. The molecule has 2 aromatic carbocycles. The van der Waals surface area contributed by atoms with Crippen molar-refractivity contribution in [3.63, 3.8) is 0 Å². The van der Waals surface area contributed by atoms with Gasteiger partial charge in [-0.3, -0.25) is 4.79 Å². The summed E-state index contributed by atoms with van der Waals surface area (Å²) in [6, 6.07) is 12.4. The van der Waals surface area contributed by atoms with Crippen molar-refractivity contribution >= 4 is 29.0 Å². The number of anilines is 2. The standard InChI is InChI=1S/C23H25F3N2OS/c1-15-11-18(28-9-10-30-19-6-4-3-5-17(19)14-28)12-16(2)21(15)27-20(29)13-22(7-8-22)23(24,25)26/h3-6,11-12H,7-10,13-14H2,1-2H3,(H,27,29). The van der Waals surface area contributed by atoms with E-state index in [4.69, 9.17) is 0 Å². The van der Waals surface area contributed by atoms with E-state index in [1.807, 2.05) is 43.8 Å². The molecule has 4 rings (SSSR count). The Morgan fingerprint density at radius 2 is 1.83 bits per heavy atom. The van der Waals surface area contributed by atoms with Crippen molar-refractivity contribution in [2.75, 3.05) is 22.5 Å². The van der Waals surface area contributed by atoms with Gasteiger partial charge in [0.25, 0.3) is 0 Å². The Labute approximate surface area is 179 Å². The number of hydrogen-bond acceptors (Lipinski definition) is 3. The van der Waals surface area contributed by atoms with Crippen LogP contribution in [0.3, 0.4) is 0 Å². The van der Waals surface area contributed by atoms with Gasteiger partial charge in [0.2, 0.25) is 5.91 Å². The van der Waals surface area contributed by atoms with Crippen LogP contribution in [0.25, 0.3) is 0 Å². The lowest BCUT2D eigenvalue weighted by Crippen LogP contribution is -2.30. The molecule has 0 bridgehead atoms. The number of alkyl halides is 3. The number of hydrogen-bond donors (Lipinski definition) is 1. The lowest BCUT2D eigenvalue weighted by Gasteiger charge is -2.25. The molecule has 0 spiro atoms. The fraction of sp³-hybridized carbons (Fsp3) is 0.435. The van der Waals surface area contributed by atoms with E-state index in [0.717, 1.165) is 35.7 Å². The molecular weight excluding hydrogens is 409 g/mol. The maximum absolute atomic E-state index is 13.2. The molecule has 2 aliphatic rings. The minimum Gasteiger partial charge on any atom is -0.366 e. The Hall–Kier alpha value is -2.15. The Bertz CT molecular complexity index is 946. The molecule has 160 valence electrons. The fourth-order valence-electron chi connectivity index (χ4n) is 4.07. The number of carbonyl (C=O) groups is 1. The SMILES string of the molecule is Cc1cc(N2CCSc3ccccc3C2)cc(C)c1NC(=O)CC1(C(F)(F)F)CC1. The number of fused-ring (bicyclic) bond motifs is 1. The topological polar surface area (TPSA) is 32.3 Å². The average Bonchev–Trinajstić information content (AvgIpc) is 3.47. The van der Waals surface area contributed by atoms with Crippen molar-refractivity contribution in [3.05, 3.63) is 53.1 Å². The van der Waals surface area contributed by atoms with E-state index in [1.54, 1.807) is 0 Å². The molecule has 3 nitrogen and oxygen atoms in total. The maximum Gasteiger partial charge on any atom is 0.395 e. The average molecular weight is 435 g/mol. The van der Waals surface area contributed by atoms with Crippen LogP contribution in [0, 0.1) is 19.3 Å². The van der Waals surface area contributed by atoms with E-state index in [1.165, 1.54) is 10.5 Å². The number of rotatable bonds is 4. The normalized spacial score (nSPS) is 17.8. The first-order valence-electron chi connectivity index (χ1n) is 10.1. The first-order chi connectivity index (χ1) is 14.2. The Morgan fingerprint density at radius 1 is 1.17 bits per heavy atom. The van der Waals surface area contributed by atoms with Gasteiger partial charge in [0, 0.05) is 41.5 Å². The molecule has 0 aromatic heterocycles. The van der Waals surface area contributed by atoms with Crippen LogP contribution in [-0.2, 0) is 11.3 Å². The van der Waals surface area contributed by atoms with E-state index in [2.05, 4.69) is 28.4 Å². The van der Waals surface area contributed by atoms with Gasteiger partial charge in [-0.25, -0.2) is 0 Å². The molecule has 1 amide bonds. The van der Waals surface area contributed by atoms with Gasteiger partial charge < -0.3 is 10.2 Å². The second kappa shape index (κ2) is 7.84. The molecule has 2 aromatic rings. The molecule has 1 aliphatic heterocycles. The van der Waals surface area contributed by atoms with E-state index in [-0.39, 0.29) is 12.8 Å². The first kappa shape index (κ1) is 21.1. The molecule has 0 atom stereocenters. The molecular formula is C23H25F3N2OS. The molecule has 1 aliphatic carbocycles. The van der Waals surface area contributed by atoms with Crippen LogP contribution in [0.1, 0.15) is 36.0 Å². The van der Waals surface area contributed by atoms with Crippen LogP contribution in [0.2, 0.25) is 0 Å². The summed E-state index contributed by atoms with van der Waals surface area (Å²) in [5.41, 5.74) is 2.87. The molecule has 0 unspecified atom stereocenters. The summed E-state index contributed by atoms with van der Waals surface area (Å²) in [6.45, 7) is 5.49. The molecule has 1 heterocycles. The second-order valence-corrected chi connectivity index (χ2v) is 9.47. The van der Waals surface area contributed by atoms with Crippen molar-refractivity contribution in [1.29, 1.82) is 0 Å². The van der Waals surface area contributed by atoms with Gasteiger partial charge in [-0.15, -0.1) is 11.8 Å². The van der Waals surface area contributed by atoms with Crippen LogP contribution in [0.4, 0.5) is 24.5 Å². The number of thioether (sulfide) groups is 1. The number of nitrogens with zero attached hydrogens (tertiary/aromatic N) is 1. The van der Waals surface area contributed by atoms with E-state index < -0.39 is 23.9 Å². The Kier molecular flexibility index (Phi) is 5.51. The molecule has 1 fully saturated rings. The van der Waals surface area contributed by atoms with Gasteiger partial charge in [-0.2, -0.15) is 13.2 Å². The maximum atomic E-state index is 13.2. The van der Waals surface area contributed by atoms with E-state index in [9.17, 15) is 18.0 Å². The van der Waals surface area contributed by atoms with Crippen LogP contribution >= 0.6 is 11.8 Å². The van der Waals surface area contributed by atoms with Gasteiger partial charge in [0.05, 0.1) is 5.41 Å². The van der Waals surface area contributed by atoms with Gasteiger partial charge in [0.15, 0.2) is 0 Å². The zero-order chi connectivity index (χ0) is 21.5. The molecule has 1 saturated carbocycles. The molecule has 30 heavy (non-hydrogen) atoms. The van der Waals surface area contributed by atoms with Crippen molar-refractivity contribution < 1.29 is 18.0 Å². The minimum atomic E-state index is -4.32. The summed E-state index contributed by atoms with van der Waals surface area (Å²) in [5.74, 6) is 0.413. The van der Waals surface area contributed by atoms with Crippen LogP contribution in [0.5, 0.6) is 0 Å². The molecule has 0 radical (unpaired) electrons. The lowest BCUT2D eigenvalue weighted by molar-refractivity contribution is -0.189. The summed E-state index contributed by atoms with van der Waals surface area (Å²) in [6.07, 6.45) is -4.75. The van der Waals surface area contributed by atoms with E-state index in [0.29, 0.717) is 5.69 Å². The summed E-state index contributed by atoms with van der Waals surface area (Å²) in [5, 5.41) is 2.74.